The molecular weight excluding hydrogens is 356 g/mol. The topological polar surface area (TPSA) is 68.6 Å². The first-order chi connectivity index (χ1) is 13.5. The molecule has 0 N–H and O–H groups in total. The summed E-state index contributed by atoms with van der Waals surface area (Å²) in [5, 5.41) is 0. The van der Waals surface area contributed by atoms with E-state index in [1.807, 2.05) is 22.5 Å². The number of amides is 1. The molecule has 146 valence electrons. The van der Waals surface area contributed by atoms with Crippen LogP contribution in [0.1, 0.15) is 41.7 Å². The minimum absolute atomic E-state index is 0.0257. The second-order valence-electron chi connectivity index (χ2n) is 7.59. The van der Waals surface area contributed by atoms with E-state index in [2.05, 4.69) is 0 Å². The fraction of sp³-hybridized carbons (Fsp3) is 0.409. The number of ether oxygens (including phenoxy) is 1. The fourth-order valence-electron chi connectivity index (χ4n) is 4.28. The van der Waals surface area contributed by atoms with Crippen LogP contribution in [0.3, 0.4) is 0 Å². The molecule has 4 rings (SSSR count). The first-order valence-electron chi connectivity index (χ1n) is 9.78. The van der Waals surface area contributed by atoms with Gasteiger partial charge in [0.25, 0.3) is 11.5 Å². The molecule has 1 amide bonds. The summed E-state index contributed by atoms with van der Waals surface area (Å²) in [6.45, 7) is 3.74. The first kappa shape index (κ1) is 18.5. The first-order valence-corrected chi connectivity index (χ1v) is 9.78. The number of hydrogen-bond donors (Lipinski definition) is 0. The third-order valence-electron chi connectivity index (χ3n) is 5.69. The number of ketones is 1. The van der Waals surface area contributed by atoms with Crippen molar-refractivity contribution in [3.8, 4) is 5.75 Å². The molecule has 1 fully saturated rings. The summed E-state index contributed by atoms with van der Waals surface area (Å²) in [6, 6.07) is 12.3. The van der Waals surface area contributed by atoms with Crippen LogP contribution in [0.4, 0.5) is 0 Å². The van der Waals surface area contributed by atoms with Crippen LogP contribution in [-0.2, 0) is 11.3 Å². The number of nitrogens with zero attached hydrogens (tertiary/aromatic N) is 2. The average molecular weight is 380 g/mol. The van der Waals surface area contributed by atoms with Gasteiger partial charge < -0.3 is 14.2 Å². The van der Waals surface area contributed by atoms with E-state index in [1.54, 1.807) is 36.4 Å². The molecule has 3 heterocycles. The van der Waals surface area contributed by atoms with Crippen LogP contribution in [0.25, 0.3) is 0 Å². The zero-order valence-corrected chi connectivity index (χ0v) is 16.0. The minimum atomic E-state index is -0.0462. The number of fused-ring (bicyclic) bond motifs is 4. The Bertz CT molecular complexity index is 948. The van der Waals surface area contributed by atoms with Gasteiger partial charge in [0.15, 0.2) is 12.4 Å². The molecule has 0 spiro atoms. The summed E-state index contributed by atoms with van der Waals surface area (Å²) in [5.41, 5.74) is 1.72. The lowest BCUT2D eigenvalue weighted by molar-refractivity contribution is -0.136. The number of benzene rings is 1. The van der Waals surface area contributed by atoms with E-state index in [9.17, 15) is 14.4 Å². The highest BCUT2D eigenvalue weighted by atomic mass is 16.5. The van der Waals surface area contributed by atoms with Crippen molar-refractivity contribution in [1.82, 2.24) is 9.47 Å². The highest BCUT2D eigenvalue weighted by molar-refractivity contribution is 5.95. The summed E-state index contributed by atoms with van der Waals surface area (Å²) < 4.78 is 7.50. The Morgan fingerprint density at radius 2 is 1.86 bits per heavy atom. The maximum absolute atomic E-state index is 12.7. The molecule has 2 atom stereocenters. The van der Waals surface area contributed by atoms with Crippen LogP contribution in [0.15, 0.2) is 47.3 Å². The maximum Gasteiger partial charge on any atom is 0.260 e. The smallest absolute Gasteiger partial charge is 0.260 e. The zero-order chi connectivity index (χ0) is 19.7. The molecule has 1 saturated heterocycles. The van der Waals surface area contributed by atoms with Crippen molar-refractivity contribution < 1.29 is 14.3 Å². The second kappa shape index (κ2) is 7.62. The molecular formula is C22H24N2O4. The van der Waals surface area contributed by atoms with Gasteiger partial charge in [0.05, 0.1) is 0 Å². The van der Waals surface area contributed by atoms with Crippen LogP contribution in [0, 0.1) is 5.92 Å². The molecule has 0 radical (unpaired) electrons. The molecule has 6 nitrogen and oxygen atoms in total. The van der Waals surface area contributed by atoms with Gasteiger partial charge in [-0.15, -0.1) is 0 Å². The number of pyridine rings is 1. The van der Waals surface area contributed by atoms with Gasteiger partial charge in [-0.3, -0.25) is 14.4 Å². The molecule has 2 aromatic rings. The highest BCUT2D eigenvalue weighted by Crippen LogP contribution is 2.34. The number of carbonyl (C=O) groups is 2. The molecule has 2 aliphatic heterocycles. The number of aromatic nitrogens is 1. The molecule has 2 aliphatic rings. The van der Waals surface area contributed by atoms with Crippen molar-refractivity contribution in [2.75, 3.05) is 19.7 Å². The highest BCUT2D eigenvalue weighted by Gasteiger charge is 2.36. The van der Waals surface area contributed by atoms with Gasteiger partial charge in [0, 0.05) is 49.3 Å². The molecule has 28 heavy (non-hydrogen) atoms. The Morgan fingerprint density at radius 1 is 1.07 bits per heavy atom. The normalized spacial score (nSPS) is 20.4. The van der Waals surface area contributed by atoms with Gasteiger partial charge in [-0.05, 0) is 42.7 Å². The lowest BCUT2D eigenvalue weighted by Crippen LogP contribution is -2.50. The van der Waals surface area contributed by atoms with Crippen LogP contribution < -0.4 is 10.3 Å². The van der Waals surface area contributed by atoms with E-state index < -0.39 is 0 Å². The van der Waals surface area contributed by atoms with E-state index in [1.165, 1.54) is 0 Å². The molecule has 0 unspecified atom stereocenters. The third kappa shape index (κ3) is 3.59. The van der Waals surface area contributed by atoms with E-state index >= 15 is 0 Å². The third-order valence-corrected chi connectivity index (χ3v) is 5.69. The molecule has 0 saturated carbocycles. The summed E-state index contributed by atoms with van der Waals surface area (Å²) >= 11 is 0. The van der Waals surface area contributed by atoms with Crippen LogP contribution in [0.2, 0.25) is 0 Å². The maximum atomic E-state index is 12.7. The Labute approximate surface area is 163 Å². The van der Waals surface area contributed by atoms with E-state index in [4.69, 9.17) is 4.74 Å². The quantitative estimate of drug-likeness (QED) is 0.748. The Balaban J connectivity index is 1.39. The summed E-state index contributed by atoms with van der Waals surface area (Å²) in [6.07, 6.45) is 1.48. The predicted molar refractivity (Wildman–Crippen MR) is 105 cm³/mol. The molecule has 2 bridgehead atoms. The van der Waals surface area contributed by atoms with Gasteiger partial charge in [-0.25, -0.2) is 0 Å². The molecule has 6 heteroatoms. The molecule has 0 aliphatic carbocycles. The Morgan fingerprint density at radius 3 is 2.61 bits per heavy atom. The van der Waals surface area contributed by atoms with E-state index in [0.29, 0.717) is 43.3 Å². The number of likely N-dealkylation sites (tertiary alicyclic amines) is 1. The zero-order valence-electron chi connectivity index (χ0n) is 16.0. The minimum Gasteiger partial charge on any atom is -0.484 e. The van der Waals surface area contributed by atoms with Crippen molar-refractivity contribution in [3.63, 3.8) is 0 Å². The molecule has 1 aromatic carbocycles. The average Bonchev–Trinajstić information content (AvgIpc) is 2.72. The van der Waals surface area contributed by atoms with Crippen molar-refractivity contribution in [1.29, 1.82) is 0 Å². The Hall–Kier alpha value is -2.89. The summed E-state index contributed by atoms with van der Waals surface area (Å²) in [4.78, 5) is 38.3. The van der Waals surface area contributed by atoms with E-state index in [0.717, 1.165) is 12.1 Å². The van der Waals surface area contributed by atoms with Gasteiger partial charge in [0.1, 0.15) is 5.75 Å². The summed E-state index contributed by atoms with van der Waals surface area (Å²) in [7, 11) is 0. The monoisotopic (exact) mass is 380 g/mol. The standard InChI is InChI=1S/C22H24N2O4/c1-2-20(25)16-6-8-18(9-7-16)28-14-22(27)23-11-15-10-17(13-23)19-4-3-5-21(26)24(19)12-15/h3-9,15,17H,2,10-14H2,1H3/t15-,17+/m1/s1. The molecule has 1 aromatic heterocycles. The Kier molecular flexibility index (Phi) is 5.03. The number of rotatable bonds is 5. The predicted octanol–water partition coefficient (Wildman–Crippen LogP) is 2.47. The largest absolute Gasteiger partial charge is 0.484 e. The van der Waals surface area contributed by atoms with Crippen molar-refractivity contribution in [2.45, 2.75) is 32.2 Å². The lowest BCUT2D eigenvalue weighted by atomic mass is 9.83. The van der Waals surface area contributed by atoms with Gasteiger partial charge in [-0.2, -0.15) is 0 Å². The van der Waals surface area contributed by atoms with Crippen LogP contribution in [0.5, 0.6) is 5.75 Å². The number of hydrogen-bond acceptors (Lipinski definition) is 4. The SMILES string of the molecule is CCC(=O)c1ccc(OCC(=O)N2C[C@H]3C[C@@H](C2)c2cccc(=O)n2C3)cc1. The van der Waals surface area contributed by atoms with Crippen molar-refractivity contribution in [3.05, 3.63) is 64.1 Å². The van der Waals surface area contributed by atoms with Crippen molar-refractivity contribution >= 4 is 11.7 Å². The van der Waals surface area contributed by atoms with Gasteiger partial charge in [-0.1, -0.05) is 13.0 Å². The van der Waals surface area contributed by atoms with E-state index in [-0.39, 0.29) is 29.8 Å². The fourth-order valence-corrected chi connectivity index (χ4v) is 4.28. The van der Waals surface area contributed by atoms with Crippen LogP contribution >= 0.6 is 0 Å². The number of carbonyl (C=O) groups excluding carboxylic acids is 2. The van der Waals surface area contributed by atoms with Crippen molar-refractivity contribution in [2.24, 2.45) is 5.92 Å². The second-order valence-corrected chi connectivity index (χ2v) is 7.59. The summed E-state index contributed by atoms with van der Waals surface area (Å²) in [5.74, 6) is 1.12. The van der Waals surface area contributed by atoms with Gasteiger partial charge >= 0.3 is 0 Å². The number of Topliss-reactive ketones (excluding diaryl/α,β-unsaturated/α-hetero) is 1. The van der Waals surface area contributed by atoms with Gasteiger partial charge in [0.2, 0.25) is 0 Å². The van der Waals surface area contributed by atoms with Crippen LogP contribution in [-0.4, -0.2) is 40.9 Å². The lowest BCUT2D eigenvalue weighted by Gasteiger charge is -2.42. The number of piperidine rings is 1.